The third-order valence-electron chi connectivity index (χ3n) is 6.32. The monoisotopic (exact) mass is 389 g/mol. The highest BCUT2D eigenvalue weighted by Gasteiger charge is 2.61. The zero-order valence-corrected chi connectivity index (χ0v) is 17.1. The molecule has 0 radical (unpaired) electrons. The highest BCUT2D eigenvalue weighted by atomic mass is 16.1. The number of rotatable bonds is 6. The maximum absolute atomic E-state index is 12.2. The van der Waals surface area contributed by atoms with Gasteiger partial charge in [-0.05, 0) is 36.1 Å². The number of hydrogen-bond acceptors (Lipinski definition) is 5. The van der Waals surface area contributed by atoms with Crippen molar-refractivity contribution in [3.05, 3.63) is 53.5 Å². The van der Waals surface area contributed by atoms with Crippen LogP contribution in [0.2, 0.25) is 0 Å². The Morgan fingerprint density at radius 3 is 2.83 bits per heavy atom. The van der Waals surface area contributed by atoms with Gasteiger partial charge in [0.05, 0.1) is 23.0 Å². The normalized spacial score (nSPS) is 20.3. The van der Waals surface area contributed by atoms with Crippen LogP contribution < -0.4 is 10.6 Å². The van der Waals surface area contributed by atoms with Crippen LogP contribution in [0.5, 0.6) is 0 Å². The number of ketones is 1. The summed E-state index contributed by atoms with van der Waals surface area (Å²) < 4.78 is 2.33. The number of nitrogens with zero attached hydrogens (tertiary/aromatic N) is 4. The minimum absolute atomic E-state index is 0.328. The fourth-order valence-corrected chi connectivity index (χ4v) is 4.54. The summed E-state index contributed by atoms with van der Waals surface area (Å²) in [5.41, 5.74) is 9.82. The predicted octanol–water partition coefficient (Wildman–Crippen LogP) is 3.17. The van der Waals surface area contributed by atoms with Crippen LogP contribution in [0.1, 0.15) is 43.6 Å². The molecule has 1 unspecified atom stereocenters. The van der Waals surface area contributed by atoms with Crippen LogP contribution in [0.3, 0.4) is 0 Å². The van der Waals surface area contributed by atoms with E-state index in [1.165, 1.54) is 0 Å². The molecule has 0 saturated heterocycles. The number of hydrogen-bond donors (Lipinski definition) is 1. The summed E-state index contributed by atoms with van der Waals surface area (Å²) in [5.74, 6) is 2.90. The minimum Gasteiger partial charge on any atom is -0.348 e. The number of pyridine rings is 1. The van der Waals surface area contributed by atoms with Gasteiger partial charge in [-0.15, -0.1) is 0 Å². The van der Waals surface area contributed by atoms with Crippen molar-refractivity contribution in [3.8, 4) is 0 Å². The van der Waals surface area contributed by atoms with Gasteiger partial charge in [0.15, 0.2) is 0 Å². The van der Waals surface area contributed by atoms with Crippen molar-refractivity contribution in [1.29, 1.82) is 0 Å². The summed E-state index contributed by atoms with van der Waals surface area (Å²) in [7, 11) is 0. The molecule has 6 heteroatoms. The van der Waals surface area contributed by atoms with Gasteiger partial charge in [-0.25, -0.2) is 9.97 Å². The van der Waals surface area contributed by atoms with E-state index >= 15 is 0 Å². The second kappa shape index (κ2) is 6.66. The third kappa shape index (κ3) is 2.94. The first-order valence-corrected chi connectivity index (χ1v) is 10.4. The zero-order valence-electron chi connectivity index (χ0n) is 17.1. The van der Waals surface area contributed by atoms with E-state index in [1.807, 2.05) is 12.3 Å². The first-order valence-electron chi connectivity index (χ1n) is 10.4. The van der Waals surface area contributed by atoms with Crippen molar-refractivity contribution in [1.82, 2.24) is 14.5 Å². The molecule has 1 atom stereocenters. The number of fused-ring (bicyclic) bond motifs is 3. The first-order chi connectivity index (χ1) is 14.0. The number of anilines is 1. The van der Waals surface area contributed by atoms with Gasteiger partial charge in [-0.3, -0.25) is 4.79 Å². The fourth-order valence-electron chi connectivity index (χ4n) is 4.54. The average molecular weight is 390 g/mol. The van der Waals surface area contributed by atoms with Crippen molar-refractivity contribution in [2.24, 2.45) is 11.7 Å². The number of aromatic nitrogens is 3. The topological polar surface area (TPSA) is 77.0 Å². The number of carbonyl (C=O) groups is 1. The Balaban J connectivity index is 1.53. The smallest absolute Gasteiger partial charge is 0.147 e. The third-order valence-corrected chi connectivity index (χ3v) is 6.32. The van der Waals surface area contributed by atoms with E-state index in [0.29, 0.717) is 37.8 Å². The standard InChI is InChI=1S/C23H27N5O/c1-15(2)7-9-28-19-6-5-16(12-24)10-18(19)26-21(28)13-27-14-23(11-20(23)29)17-4-3-8-25-22(17)27/h3-6,8,10,15H,7,9,11-14,24H2,1-2H3. The molecule has 1 spiro atoms. The van der Waals surface area contributed by atoms with Crippen molar-refractivity contribution in [2.75, 3.05) is 11.4 Å². The molecule has 0 bridgehead atoms. The van der Waals surface area contributed by atoms with Gasteiger partial charge in [-0.1, -0.05) is 26.0 Å². The molecule has 2 N–H and O–H groups in total. The lowest BCUT2D eigenvalue weighted by Crippen LogP contribution is -2.27. The largest absolute Gasteiger partial charge is 0.348 e. The second-order valence-corrected chi connectivity index (χ2v) is 8.80. The molecule has 1 aliphatic carbocycles. The Morgan fingerprint density at radius 1 is 1.28 bits per heavy atom. The van der Waals surface area contributed by atoms with Crippen LogP contribution in [0, 0.1) is 5.92 Å². The van der Waals surface area contributed by atoms with Crippen molar-refractivity contribution < 1.29 is 4.79 Å². The Morgan fingerprint density at radius 2 is 2.10 bits per heavy atom. The van der Waals surface area contributed by atoms with Crippen LogP contribution in [-0.4, -0.2) is 26.9 Å². The average Bonchev–Trinajstić information content (AvgIpc) is 3.09. The number of imidazole rings is 1. The van der Waals surface area contributed by atoms with E-state index in [2.05, 4.69) is 52.6 Å². The quantitative estimate of drug-likeness (QED) is 0.701. The molecule has 6 nitrogen and oxygen atoms in total. The van der Waals surface area contributed by atoms with E-state index in [0.717, 1.165) is 46.8 Å². The van der Waals surface area contributed by atoms with Crippen LogP contribution >= 0.6 is 0 Å². The van der Waals surface area contributed by atoms with Crippen LogP contribution in [0.4, 0.5) is 5.82 Å². The lowest BCUT2D eigenvalue weighted by atomic mass is 10.0. The van der Waals surface area contributed by atoms with Gasteiger partial charge in [0.25, 0.3) is 0 Å². The minimum atomic E-state index is -0.328. The Hall–Kier alpha value is -2.73. The summed E-state index contributed by atoms with van der Waals surface area (Å²) in [4.78, 5) is 24.1. The molecule has 0 amide bonds. The molecule has 3 aromatic rings. The molecule has 5 rings (SSSR count). The lowest BCUT2D eigenvalue weighted by Gasteiger charge is -2.19. The molecule has 150 valence electrons. The van der Waals surface area contributed by atoms with Crippen molar-refractivity contribution in [3.63, 3.8) is 0 Å². The summed E-state index contributed by atoms with van der Waals surface area (Å²) in [6.45, 7) is 7.29. The summed E-state index contributed by atoms with van der Waals surface area (Å²) in [6.07, 6.45) is 3.53. The number of benzene rings is 1. The highest BCUT2D eigenvalue weighted by Crippen LogP contribution is 2.52. The molecule has 1 aromatic carbocycles. The maximum Gasteiger partial charge on any atom is 0.147 e. The summed E-state index contributed by atoms with van der Waals surface area (Å²) >= 11 is 0. The maximum atomic E-state index is 12.2. The predicted molar refractivity (Wildman–Crippen MR) is 114 cm³/mol. The van der Waals surface area contributed by atoms with E-state index in [-0.39, 0.29) is 5.41 Å². The molecule has 1 saturated carbocycles. The van der Waals surface area contributed by atoms with E-state index in [9.17, 15) is 4.79 Å². The molecule has 1 aliphatic heterocycles. The molecule has 1 fully saturated rings. The summed E-state index contributed by atoms with van der Waals surface area (Å²) in [5, 5.41) is 0. The van der Waals surface area contributed by atoms with Gasteiger partial charge in [0.2, 0.25) is 0 Å². The van der Waals surface area contributed by atoms with Crippen LogP contribution in [0.25, 0.3) is 11.0 Å². The number of Topliss-reactive ketones (excluding diaryl/α,β-unsaturated/α-hetero) is 1. The van der Waals surface area contributed by atoms with Gasteiger partial charge in [0.1, 0.15) is 17.4 Å². The molecule has 29 heavy (non-hydrogen) atoms. The highest BCUT2D eigenvalue weighted by molar-refractivity contribution is 6.09. The van der Waals surface area contributed by atoms with E-state index < -0.39 is 0 Å². The number of nitrogens with two attached hydrogens (primary N) is 1. The first kappa shape index (κ1) is 18.3. The molecular weight excluding hydrogens is 362 g/mol. The Bertz CT molecular complexity index is 1100. The fraction of sp³-hybridized carbons (Fsp3) is 0.435. The van der Waals surface area contributed by atoms with Gasteiger partial charge >= 0.3 is 0 Å². The van der Waals surface area contributed by atoms with Crippen LogP contribution in [-0.2, 0) is 29.8 Å². The Labute approximate surface area is 170 Å². The second-order valence-electron chi connectivity index (χ2n) is 8.80. The summed E-state index contributed by atoms with van der Waals surface area (Å²) in [6, 6.07) is 10.3. The Kier molecular flexibility index (Phi) is 4.21. The molecule has 2 aliphatic rings. The number of carbonyl (C=O) groups excluding carboxylic acids is 1. The molecule has 3 heterocycles. The molecule has 2 aromatic heterocycles. The lowest BCUT2D eigenvalue weighted by molar-refractivity contribution is -0.111. The molecular formula is C23H27N5O. The SMILES string of the molecule is CC(C)CCn1c(CN2CC3(CC3=O)c3cccnc32)nc2cc(CN)ccc21. The van der Waals surface area contributed by atoms with Gasteiger partial charge in [0, 0.05) is 37.8 Å². The van der Waals surface area contributed by atoms with Crippen LogP contribution in [0.15, 0.2) is 36.5 Å². The van der Waals surface area contributed by atoms with Crippen molar-refractivity contribution in [2.45, 2.75) is 51.7 Å². The zero-order chi connectivity index (χ0) is 20.2. The van der Waals surface area contributed by atoms with Gasteiger partial charge < -0.3 is 15.2 Å². The van der Waals surface area contributed by atoms with Gasteiger partial charge in [-0.2, -0.15) is 0 Å². The van der Waals surface area contributed by atoms with E-state index in [1.54, 1.807) is 0 Å². The van der Waals surface area contributed by atoms with Crippen molar-refractivity contribution >= 4 is 22.6 Å². The number of aryl methyl sites for hydroxylation is 1. The van der Waals surface area contributed by atoms with E-state index in [4.69, 9.17) is 10.7 Å².